The largest absolute Gasteiger partial charge is 0.345 e. The lowest BCUT2D eigenvalue weighted by Gasteiger charge is -2.13. The molecule has 2 N–H and O–H groups in total. The first-order valence-electron chi connectivity index (χ1n) is 7.53. The van der Waals surface area contributed by atoms with Crippen LogP contribution in [-0.2, 0) is 0 Å². The van der Waals surface area contributed by atoms with Crippen LogP contribution in [0.15, 0.2) is 53.2 Å². The van der Waals surface area contributed by atoms with Gasteiger partial charge in [0.15, 0.2) is 0 Å². The molecule has 2 aromatic heterocycles. The Labute approximate surface area is 158 Å². The highest BCUT2D eigenvalue weighted by Gasteiger charge is 2.15. The predicted molar refractivity (Wildman–Crippen MR) is 104 cm³/mol. The number of benzene rings is 1. The molecule has 0 radical (unpaired) electrons. The van der Waals surface area contributed by atoms with Gasteiger partial charge in [-0.3, -0.25) is 9.59 Å². The molecule has 1 aromatic carbocycles. The fraction of sp³-hybridized carbons (Fsp3) is 0.111. The van der Waals surface area contributed by atoms with Crippen LogP contribution in [0.2, 0.25) is 5.02 Å². The van der Waals surface area contributed by atoms with E-state index >= 15 is 0 Å². The molecule has 1 unspecified atom stereocenters. The SMILES string of the molecule is CC(NC(=O)c1ccc(Cl)c(NC(=O)c2cccs2)c1)c1cccs1. The number of rotatable bonds is 5. The first-order valence-corrected chi connectivity index (χ1v) is 9.67. The van der Waals surface area contributed by atoms with Crippen molar-refractivity contribution < 1.29 is 9.59 Å². The van der Waals surface area contributed by atoms with Gasteiger partial charge in [0, 0.05) is 10.4 Å². The molecule has 0 saturated carbocycles. The molecule has 2 heterocycles. The minimum Gasteiger partial charge on any atom is -0.345 e. The molecule has 4 nitrogen and oxygen atoms in total. The van der Waals surface area contributed by atoms with Gasteiger partial charge in [0.2, 0.25) is 0 Å². The Morgan fingerprint density at radius 1 is 1.04 bits per heavy atom. The van der Waals surface area contributed by atoms with Gasteiger partial charge in [-0.1, -0.05) is 23.7 Å². The summed E-state index contributed by atoms with van der Waals surface area (Å²) < 4.78 is 0. The van der Waals surface area contributed by atoms with Gasteiger partial charge in [0.25, 0.3) is 11.8 Å². The second kappa shape index (κ2) is 7.82. The normalized spacial score (nSPS) is 11.8. The van der Waals surface area contributed by atoms with Crippen LogP contribution in [0, 0.1) is 0 Å². The molecular formula is C18H15ClN2O2S2. The van der Waals surface area contributed by atoms with Gasteiger partial charge in [0.1, 0.15) is 0 Å². The Balaban J connectivity index is 1.74. The fourth-order valence-electron chi connectivity index (χ4n) is 2.24. The summed E-state index contributed by atoms with van der Waals surface area (Å²) in [5, 5.41) is 9.87. The van der Waals surface area contributed by atoms with E-state index in [0.717, 1.165) is 4.88 Å². The van der Waals surface area contributed by atoms with Crippen molar-refractivity contribution in [3.05, 3.63) is 73.6 Å². The number of carbonyl (C=O) groups excluding carboxylic acids is 2. The zero-order valence-electron chi connectivity index (χ0n) is 13.3. The minimum absolute atomic E-state index is 0.0904. The van der Waals surface area contributed by atoms with E-state index in [1.807, 2.05) is 29.8 Å². The molecule has 3 aromatic rings. The molecule has 0 spiro atoms. The third-order valence-corrected chi connectivity index (χ3v) is 5.79. The summed E-state index contributed by atoms with van der Waals surface area (Å²) in [4.78, 5) is 26.3. The first kappa shape index (κ1) is 17.7. The first-order chi connectivity index (χ1) is 12.0. The van der Waals surface area contributed by atoms with Gasteiger partial charge in [-0.25, -0.2) is 0 Å². The number of amides is 2. The van der Waals surface area contributed by atoms with Crippen LogP contribution in [0.5, 0.6) is 0 Å². The van der Waals surface area contributed by atoms with Gasteiger partial charge in [0.05, 0.1) is 21.6 Å². The molecular weight excluding hydrogens is 376 g/mol. The number of carbonyl (C=O) groups is 2. The van der Waals surface area contributed by atoms with Crippen LogP contribution in [0.4, 0.5) is 5.69 Å². The lowest BCUT2D eigenvalue weighted by Crippen LogP contribution is -2.26. The highest BCUT2D eigenvalue weighted by molar-refractivity contribution is 7.12. The standard InChI is InChI=1S/C18H15ClN2O2S2/c1-11(15-4-2-8-24-15)20-17(22)12-6-7-13(19)14(10-12)21-18(23)16-5-3-9-25-16/h2-11H,1H3,(H,20,22)(H,21,23). The van der Waals surface area contributed by atoms with Crippen molar-refractivity contribution in [1.82, 2.24) is 5.32 Å². The van der Waals surface area contributed by atoms with Gasteiger partial charge in [-0.05, 0) is 48.0 Å². The monoisotopic (exact) mass is 390 g/mol. The average molecular weight is 391 g/mol. The second-order valence-corrected chi connectivity index (χ2v) is 7.67. The van der Waals surface area contributed by atoms with E-state index in [1.165, 1.54) is 11.3 Å². The minimum atomic E-state index is -0.249. The van der Waals surface area contributed by atoms with E-state index in [-0.39, 0.29) is 17.9 Å². The number of anilines is 1. The number of hydrogen-bond donors (Lipinski definition) is 2. The molecule has 1 atom stereocenters. The van der Waals surface area contributed by atoms with E-state index in [2.05, 4.69) is 10.6 Å². The fourth-order valence-corrected chi connectivity index (χ4v) is 3.76. The van der Waals surface area contributed by atoms with Gasteiger partial charge in [-0.15, -0.1) is 22.7 Å². The molecule has 128 valence electrons. The zero-order chi connectivity index (χ0) is 17.8. The van der Waals surface area contributed by atoms with Crippen molar-refractivity contribution >= 4 is 51.8 Å². The van der Waals surface area contributed by atoms with Crippen LogP contribution < -0.4 is 10.6 Å². The van der Waals surface area contributed by atoms with E-state index in [0.29, 0.717) is 21.2 Å². The van der Waals surface area contributed by atoms with E-state index in [1.54, 1.807) is 41.7 Å². The maximum atomic E-state index is 12.5. The molecule has 0 aliphatic rings. The summed E-state index contributed by atoms with van der Waals surface area (Å²) in [6.07, 6.45) is 0. The maximum Gasteiger partial charge on any atom is 0.265 e. The highest BCUT2D eigenvalue weighted by atomic mass is 35.5. The summed E-state index contributed by atoms with van der Waals surface area (Å²) in [5.74, 6) is -0.467. The van der Waals surface area contributed by atoms with Crippen molar-refractivity contribution in [3.8, 4) is 0 Å². The van der Waals surface area contributed by atoms with Crippen molar-refractivity contribution in [2.75, 3.05) is 5.32 Å². The molecule has 0 saturated heterocycles. The van der Waals surface area contributed by atoms with Crippen LogP contribution >= 0.6 is 34.3 Å². The quantitative estimate of drug-likeness (QED) is 0.628. The Hall–Kier alpha value is -2.15. The molecule has 3 rings (SSSR count). The lowest BCUT2D eigenvalue weighted by molar-refractivity contribution is 0.0939. The van der Waals surface area contributed by atoms with Crippen LogP contribution in [-0.4, -0.2) is 11.8 Å². The Kier molecular flexibility index (Phi) is 5.53. The number of hydrogen-bond acceptors (Lipinski definition) is 4. The van der Waals surface area contributed by atoms with Crippen molar-refractivity contribution in [1.29, 1.82) is 0 Å². The van der Waals surface area contributed by atoms with Gasteiger partial charge >= 0.3 is 0 Å². The smallest absolute Gasteiger partial charge is 0.265 e. The van der Waals surface area contributed by atoms with E-state index in [4.69, 9.17) is 11.6 Å². The van der Waals surface area contributed by atoms with E-state index in [9.17, 15) is 9.59 Å². The summed E-state index contributed by atoms with van der Waals surface area (Å²) in [6, 6.07) is 12.2. The van der Waals surface area contributed by atoms with Crippen LogP contribution in [0.1, 0.15) is 37.9 Å². The highest BCUT2D eigenvalue weighted by Crippen LogP contribution is 2.25. The number of nitrogens with one attached hydrogen (secondary N) is 2. The average Bonchev–Trinajstić information content (AvgIpc) is 3.30. The molecule has 0 fully saturated rings. The van der Waals surface area contributed by atoms with Crippen molar-refractivity contribution in [2.45, 2.75) is 13.0 Å². The predicted octanol–water partition coefficient (Wildman–Crippen LogP) is 5.21. The van der Waals surface area contributed by atoms with Crippen LogP contribution in [0.3, 0.4) is 0 Å². The summed E-state index contributed by atoms with van der Waals surface area (Å²) in [6.45, 7) is 1.93. The topological polar surface area (TPSA) is 58.2 Å². The second-order valence-electron chi connectivity index (χ2n) is 5.34. The van der Waals surface area contributed by atoms with Crippen molar-refractivity contribution in [2.24, 2.45) is 0 Å². The summed E-state index contributed by atoms with van der Waals surface area (Å²) in [7, 11) is 0. The maximum absolute atomic E-state index is 12.5. The van der Waals surface area contributed by atoms with Crippen molar-refractivity contribution in [3.63, 3.8) is 0 Å². The molecule has 0 aliphatic carbocycles. The zero-order valence-corrected chi connectivity index (χ0v) is 15.7. The molecule has 25 heavy (non-hydrogen) atoms. The Morgan fingerprint density at radius 2 is 1.80 bits per heavy atom. The van der Waals surface area contributed by atoms with Crippen LogP contribution in [0.25, 0.3) is 0 Å². The molecule has 0 bridgehead atoms. The number of halogens is 1. The van der Waals surface area contributed by atoms with Gasteiger partial charge < -0.3 is 10.6 Å². The lowest BCUT2D eigenvalue weighted by atomic mass is 10.1. The molecule has 2 amide bonds. The third kappa shape index (κ3) is 4.28. The molecule has 7 heteroatoms. The Morgan fingerprint density at radius 3 is 2.48 bits per heavy atom. The third-order valence-electron chi connectivity index (χ3n) is 3.54. The summed E-state index contributed by atoms with van der Waals surface area (Å²) in [5.41, 5.74) is 0.853. The van der Waals surface area contributed by atoms with E-state index < -0.39 is 0 Å². The molecule has 0 aliphatic heterocycles. The Bertz CT molecular complexity index is 877. The summed E-state index contributed by atoms with van der Waals surface area (Å²) >= 11 is 9.08. The number of thiophene rings is 2. The van der Waals surface area contributed by atoms with Gasteiger partial charge in [-0.2, -0.15) is 0 Å².